The lowest BCUT2D eigenvalue weighted by molar-refractivity contribution is 0.0519. The Balaban J connectivity index is 3.01. The standard InChI is InChI=1S/C9H8N2O2/c1-2-13-9(12)8-7(6-10)4-3-5-11-8/h3-5H,2H2,1H3. The second kappa shape index (κ2) is 4.21. The molecule has 0 saturated carbocycles. The van der Waals surface area contributed by atoms with Crippen molar-refractivity contribution in [2.24, 2.45) is 0 Å². The molecule has 0 fully saturated rings. The maximum atomic E-state index is 11.2. The number of pyridine rings is 1. The fourth-order valence-corrected chi connectivity index (χ4v) is 0.858. The monoisotopic (exact) mass is 176 g/mol. The fraction of sp³-hybridized carbons (Fsp3) is 0.222. The molecule has 0 spiro atoms. The Kier molecular flexibility index (Phi) is 2.98. The van der Waals surface area contributed by atoms with E-state index in [1.54, 1.807) is 13.0 Å². The molecule has 0 radical (unpaired) electrons. The van der Waals surface area contributed by atoms with Gasteiger partial charge in [-0.2, -0.15) is 5.26 Å². The quantitative estimate of drug-likeness (QED) is 0.633. The number of hydrogen-bond donors (Lipinski definition) is 0. The Morgan fingerprint density at radius 2 is 2.54 bits per heavy atom. The van der Waals surface area contributed by atoms with Crippen molar-refractivity contribution in [2.75, 3.05) is 6.61 Å². The number of nitriles is 1. The molecule has 0 aliphatic rings. The third-order valence-electron chi connectivity index (χ3n) is 1.40. The topological polar surface area (TPSA) is 63.0 Å². The van der Waals surface area contributed by atoms with Crippen LogP contribution in [0.2, 0.25) is 0 Å². The van der Waals surface area contributed by atoms with Gasteiger partial charge in [0.1, 0.15) is 6.07 Å². The Labute approximate surface area is 75.8 Å². The first kappa shape index (κ1) is 9.20. The molecule has 1 heterocycles. The van der Waals surface area contributed by atoms with Crippen molar-refractivity contribution in [3.05, 3.63) is 29.6 Å². The minimum Gasteiger partial charge on any atom is -0.461 e. The summed E-state index contributed by atoms with van der Waals surface area (Å²) in [4.78, 5) is 15.0. The van der Waals surface area contributed by atoms with Crippen LogP contribution in [0, 0.1) is 11.3 Å². The lowest BCUT2D eigenvalue weighted by Gasteiger charge is -2.00. The maximum absolute atomic E-state index is 11.2. The molecule has 66 valence electrons. The van der Waals surface area contributed by atoms with E-state index in [1.165, 1.54) is 12.3 Å². The first-order chi connectivity index (χ1) is 6.29. The number of hydrogen-bond acceptors (Lipinski definition) is 4. The van der Waals surface area contributed by atoms with Gasteiger partial charge >= 0.3 is 5.97 Å². The normalized spacial score (nSPS) is 8.92. The molecule has 0 unspecified atom stereocenters. The highest BCUT2D eigenvalue weighted by molar-refractivity contribution is 5.89. The Bertz CT molecular complexity index is 355. The molecule has 4 heteroatoms. The van der Waals surface area contributed by atoms with Gasteiger partial charge in [0.2, 0.25) is 0 Å². The minimum atomic E-state index is -0.556. The van der Waals surface area contributed by atoms with Crippen molar-refractivity contribution in [1.29, 1.82) is 5.26 Å². The number of carbonyl (C=O) groups excluding carboxylic acids is 1. The number of nitrogens with zero attached hydrogens (tertiary/aromatic N) is 2. The molecule has 1 aromatic rings. The van der Waals surface area contributed by atoms with Gasteiger partial charge in [-0.05, 0) is 19.1 Å². The lowest BCUT2D eigenvalue weighted by atomic mass is 10.2. The summed E-state index contributed by atoms with van der Waals surface area (Å²) in [5.41, 5.74) is 0.313. The molecule has 0 N–H and O–H groups in total. The Morgan fingerprint density at radius 1 is 1.77 bits per heavy atom. The molecule has 0 aromatic carbocycles. The molecule has 1 aromatic heterocycles. The molecule has 0 amide bonds. The van der Waals surface area contributed by atoms with Crippen molar-refractivity contribution in [3.63, 3.8) is 0 Å². The summed E-state index contributed by atoms with van der Waals surface area (Å²) in [5.74, 6) is -0.556. The van der Waals surface area contributed by atoms with Gasteiger partial charge < -0.3 is 4.74 Å². The van der Waals surface area contributed by atoms with Crippen LogP contribution < -0.4 is 0 Å². The minimum absolute atomic E-state index is 0.0758. The van der Waals surface area contributed by atoms with E-state index in [0.717, 1.165) is 0 Å². The molecule has 1 rings (SSSR count). The fourth-order valence-electron chi connectivity index (χ4n) is 0.858. The molecule has 4 nitrogen and oxygen atoms in total. The van der Waals surface area contributed by atoms with Gasteiger partial charge in [-0.1, -0.05) is 0 Å². The third-order valence-corrected chi connectivity index (χ3v) is 1.40. The van der Waals surface area contributed by atoms with E-state index in [-0.39, 0.29) is 17.9 Å². The van der Waals surface area contributed by atoms with Crippen LogP contribution in [0.1, 0.15) is 23.0 Å². The first-order valence-corrected chi connectivity index (χ1v) is 3.81. The first-order valence-electron chi connectivity index (χ1n) is 3.81. The second-order valence-corrected chi connectivity index (χ2v) is 2.23. The van der Waals surface area contributed by atoms with E-state index in [2.05, 4.69) is 4.98 Å². The second-order valence-electron chi connectivity index (χ2n) is 2.23. The zero-order chi connectivity index (χ0) is 9.68. The Morgan fingerprint density at radius 3 is 3.15 bits per heavy atom. The number of ether oxygens (including phenoxy) is 1. The van der Waals surface area contributed by atoms with E-state index in [9.17, 15) is 4.79 Å². The summed E-state index contributed by atoms with van der Waals surface area (Å²) in [7, 11) is 0. The number of rotatable bonds is 2. The van der Waals surface area contributed by atoms with E-state index in [4.69, 9.17) is 10.00 Å². The number of carbonyl (C=O) groups is 1. The maximum Gasteiger partial charge on any atom is 0.358 e. The highest BCUT2D eigenvalue weighted by atomic mass is 16.5. The SMILES string of the molecule is CCOC(=O)c1ncccc1C#N. The summed E-state index contributed by atoms with van der Waals surface area (Å²) in [6, 6.07) is 5.00. The predicted octanol–water partition coefficient (Wildman–Crippen LogP) is 1.13. The van der Waals surface area contributed by atoms with Gasteiger partial charge in [0, 0.05) is 6.20 Å². The van der Waals surface area contributed by atoms with Crippen LogP contribution in [0.3, 0.4) is 0 Å². The van der Waals surface area contributed by atoms with Crippen LogP contribution in [0.4, 0.5) is 0 Å². The average molecular weight is 176 g/mol. The van der Waals surface area contributed by atoms with E-state index in [0.29, 0.717) is 0 Å². The van der Waals surface area contributed by atoms with E-state index >= 15 is 0 Å². The summed E-state index contributed by atoms with van der Waals surface area (Å²) in [5, 5.41) is 8.64. The summed E-state index contributed by atoms with van der Waals surface area (Å²) in [6.07, 6.45) is 1.45. The van der Waals surface area contributed by atoms with Crippen molar-refractivity contribution in [1.82, 2.24) is 4.98 Å². The van der Waals surface area contributed by atoms with Crippen LogP contribution in [0.25, 0.3) is 0 Å². The van der Waals surface area contributed by atoms with Gasteiger partial charge in [-0.25, -0.2) is 9.78 Å². The molecule has 0 bridgehead atoms. The zero-order valence-corrected chi connectivity index (χ0v) is 7.15. The zero-order valence-electron chi connectivity index (χ0n) is 7.15. The molecule has 0 atom stereocenters. The summed E-state index contributed by atoms with van der Waals surface area (Å²) in [6.45, 7) is 1.98. The van der Waals surface area contributed by atoms with Crippen molar-refractivity contribution in [2.45, 2.75) is 6.92 Å². The average Bonchev–Trinajstić information content (AvgIpc) is 2.18. The van der Waals surface area contributed by atoms with E-state index < -0.39 is 5.97 Å². The van der Waals surface area contributed by atoms with Crippen molar-refractivity contribution >= 4 is 5.97 Å². The molecule has 0 aliphatic heterocycles. The van der Waals surface area contributed by atoms with E-state index in [1.807, 2.05) is 6.07 Å². The van der Waals surface area contributed by atoms with Crippen LogP contribution in [0.5, 0.6) is 0 Å². The van der Waals surface area contributed by atoms with Gasteiger partial charge in [-0.15, -0.1) is 0 Å². The lowest BCUT2D eigenvalue weighted by Crippen LogP contribution is -2.08. The van der Waals surface area contributed by atoms with Crippen LogP contribution in [-0.2, 0) is 4.74 Å². The Hall–Kier alpha value is -1.89. The van der Waals surface area contributed by atoms with Gasteiger partial charge in [0.15, 0.2) is 5.69 Å². The molecule has 13 heavy (non-hydrogen) atoms. The number of esters is 1. The number of aromatic nitrogens is 1. The molecule has 0 aliphatic carbocycles. The highest BCUT2D eigenvalue weighted by Crippen LogP contribution is 2.04. The van der Waals surface area contributed by atoms with Crippen LogP contribution in [-0.4, -0.2) is 17.6 Å². The van der Waals surface area contributed by atoms with Crippen LogP contribution >= 0.6 is 0 Å². The van der Waals surface area contributed by atoms with Gasteiger partial charge in [-0.3, -0.25) is 0 Å². The molecular formula is C9H8N2O2. The predicted molar refractivity (Wildman–Crippen MR) is 44.9 cm³/mol. The van der Waals surface area contributed by atoms with Crippen LogP contribution in [0.15, 0.2) is 18.3 Å². The molecular weight excluding hydrogens is 168 g/mol. The summed E-state index contributed by atoms with van der Waals surface area (Å²) >= 11 is 0. The van der Waals surface area contributed by atoms with Gasteiger partial charge in [0.25, 0.3) is 0 Å². The highest BCUT2D eigenvalue weighted by Gasteiger charge is 2.12. The van der Waals surface area contributed by atoms with Gasteiger partial charge in [0.05, 0.1) is 12.2 Å². The largest absolute Gasteiger partial charge is 0.461 e. The third kappa shape index (κ3) is 2.03. The molecule has 0 saturated heterocycles. The summed E-state index contributed by atoms with van der Waals surface area (Å²) < 4.78 is 4.72. The van der Waals surface area contributed by atoms with Crippen molar-refractivity contribution in [3.8, 4) is 6.07 Å². The van der Waals surface area contributed by atoms with Crippen molar-refractivity contribution < 1.29 is 9.53 Å². The smallest absolute Gasteiger partial charge is 0.358 e.